The highest BCUT2D eigenvalue weighted by Crippen LogP contribution is 2.55. The minimum atomic E-state index is -0.559. The molecule has 0 aromatic carbocycles. The molecular weight excluding hydrogens is 160 g/mol. The molecule has 4 unspecified atom stereocenters. The molecule has 0 amide bonds. The average molecular weight is 184 g/mol. The van der Waals surface area contributed by atoms with E-state index in [9.17, 15) is 5.11 Å². The highest BCUT2D eigenvalue weighted by Gasteiger charge is 2.53. The number of hydrogen-bond donors (Lipinski definition) is 1. The molecule has 13 heavy (non-hydrogen) atoms. The Morgan fingerprint density at radius 1 is 1.23 bits per heavy atom. The molecule has 0 spiro atoms. The van der Waals surface area contributed by atoms with Crippen LogP contribution in [0.25, 0.3) is 0 Å². The van der Waals surface area contributed by atoms with Crippen LogP contribution in [0.15, 0.2) is 0 Å². The summed E-state index contributed by atoms with van der Waals surface area (Å²) in [6.07, 6.45) is 1.25. The van der Waals surface area contributed by atoms with Gasteiger partial charge in [-0.1, -0.05) is 27.7 Å². The quantitative estimate of drug-likeness (QED) is 0.664. The summed E-state index contributed by atoms with van der Waals surface area (Å²) in [6, 6.07) is 0. The third kappa shape index (κ3) is 1.41. The minimum Gasteiger partial charge on any atom is -0.390 e. The largest absolute Gasteiger partial charge is 0.390 e. The summed E-state index contributed by atoms with van der Waals surface area (Å²) in [5.74, 6) is 1.98. The molecule has 1 aliphatic rings. The molecule has 0 saturated heterocycles. The first kappa shape index (κ1) is 11.0. The second-order valence-electron chi connectivity index (χ2n) is 5.74. The van der Waals surface area contributed by atoms with Crippen molar-refractivity contribution in [3.63, 3.8) is 0 Å². The van der Waals surface area contributed by atoms with Gasteiger partial charge in [-0.25, -0.2) is 0 Å². The van der Waals surface area contributed by atoms with E-state index in [4.69, 9.17) is 0 Å². The highest BCUT2D eigenvalue weighted by molar-refractivity contribution is 5.02. The van der Waals surface area contributed by atoms with Crippen molar-refractivity contribution in [3.8, 4) is 0 Å². The molecule has 1 fully saturated rings. The Balaban J connectivity index is 3.01. The molecule has 1 saturated carbocycles. The van der Waals surface area contributed by atoms with Gasteiger partial charge in [0.25, 0.3) is 0 Å². The van der Waals surface area contributed by atoms with Crippen LogP contribution in [-0.4, -0.2) is 10.7 Å². The minimum absolute atomic E-state index is 0.0758. The van der Waals surface area contributed by atoms with Crippen LogP contribution in [0, 0.1) is 23.2 Å². The number of rotatable bonds is 1. The first-order valence-electron chi connectivity index (χ1n) is 5.43. The van der Waals surface area contributed by atoms with Crippen molar-refractivity contribution < 1.29 is 5.11 Å². The second kappa shape index (κ2) is 2.98. The lowest BCUT2D eigenvalue weighted by Gasteiger charge is -2.45. The van der Waals surface area contributed by atoms with E-state index in [1.165, 1.54) is 6.42 Å². The lowest BCUT2D eigenvalue weighted by molar-refractivity contribution is -0.0884. The number of hydrogen-bond acceptors (Lipinski definition) is 1. The molecule has 1 heteroatoms. The third-order valence-electron chi connectivity index (χ3n) is 4.87. The van der Waals surface area contributed by atoms with Crippen molar-refractivity contribution in [2.75, 3.05) is 0 Å². The van der Waals surface area contributed by atoms with Gasteiger partial charge in [0, 0.05) is 5.41 Å². The summed E-state index contributed by atoms with van der Waals surface area (Å²) in [4.78, 5) is 0. The van der Waals surface area contributed by atoms with E-state index in [2.05, 4.69) is 27.7 Å². The van der Waals surface area contributed by atoms with Crippen molar-refractivity contribution in [1.82, 2.24) is 0 Å². The first-order chi connectivity index (χ1) is 5.71. The van der Waals surface area contributed by atoms with Gasteiger partial charge in [-0.3, -0.25) is 0 Å². The lowest BCUT2D eigenvalue weighted by atomic mass is 9.64. The SMILES string of the molecule is CC1CC(C)C(C)(C(C)(C)O)C1C. The molecule has 1 aliphatic carbocycles. The molecular formula is C12H24O. The Kier molecular flexibility index (Phi) is 2.53. The molecule has 78 valence electrons. The van der Waals surface area contributed by atoms with Crippen LogP contribution in [0.3, 0.4) is 0 Å². The molecule has 1 N–H and O–H groups in total. The molecule has 0 bridgehead atoms. The Labute approximate surface area is 82.5 Å². The normalized spacial score (nSPS) is 46.8. The Bertz CT molecular complexity index is 192. The molecule has 1 nitrogen and oxygen atoms in total. The van der Waals surface area contributed by atoms with Gasteiger partial charge in [0.05, 0.1) is 5.60 Å². The predicted octanol–water partition coefficient (Wildman–Crippen LogP) is 3.08. The van der Waals surface area contributed by atoms with Crippen LogP contribution < -0.4 is 0 Å². The Morgan fingerprint density at radius 3 is 1.85 bits per heavy atom. The van der Waals surface area contributed by atoms with Crippen LogP contribution in [0.5, 0.6) is 0 Å². The molecule has 0 aromatic rings. The fourth-order valence-corrected chi connectivity index (χ4v) is 3.21. The van der Waals surface area contributed by atoms with Crippen LogP contribution >= 0.6 is 0 Å². The summed E-state index contributed by atoms with van der Waals surface area (Å²) < 4.78 is 0. The van der Waals surface area contributed by atoms with Crippen molar-refractivity contribution in [3.05, 3.63) is 0 Å². The van der Waals surface area contributed by atoms with E-state index in [1.54, 1.807) is 0 Å². The van der Waals surface area contributed by atoms with Crippen molar-refractivity contribution in [2.24, 2.45) is 23.2 Å². The van der Waals surface area contributed by atoms with E-state index in [0.717, 1.165) is 5.92 Å². The summed E-state index contributed by atoms with van der Waals surface area (Å²) in [6.45, 7) is 13.0. The van der Waals surface area contributed by atoms with Crippen molar-refractivity contribution in [1.29, 1.82) is 0 Å². The van der Waals surface area contributed by atoms with E-state index < -0.39 is 5.60 Å². The monoisotopic (exact) mass is 184 g/mol. The molecule has 0 aromatic heterocycles. The first-order valence-corrected chi connectivity index (χ1v) is 5.43. The maximum atomic E-state index is 10.2. The van der Waals surface area contributed by atoms with E-state index in [-0.39, 0.29) is 5.41 Å². The predicted molar refractivity (Wildman–Crippen MR) is 56.5 cm³/mol. The summed E-state index contributed by atoms with van der Waals surface area (Å²) in [5.41, 5.74) is -0.483. The maximum absolute atomic E-state index is 10.2. The zero-order valence-electron chi connectivity index (χ0n) is 9.89. The van der Waals surface area contributed by atoms with Gasteiger partial charge in [-0.2, -0.15) is 0 Å². The average Bonchev–Trinajstić information content (AvgIpc) is 2.14. The van der Waals surface area contributed by atoms with Gasteiger partial charge >= 0.3 is 0 Å². The highest BCUT2D eigenvalue weighted by atomic mass is 16.3. The molecule has 0 aliphatic heterocycles. The Hall–Kier alpha value is -0.0400. The van der Waals surface area contributed by atoms with Gasteiger partial charge in [0.2, 0.25) is 0 Å². The number of aliphatic hydroxyl groups is 1. The molecule has 0 radical (unpaired) electrons. The van der Waals surface area contributed by atoms with Gasteiger partial charge in [-0.15, -0.1) is 0 Å². The fraction of sp³-hybridized carbons (Fsp3) is 1.00. The standard InChI is InChI=1S/C12H24O/c1-8-7-9(2)12(6,10(8)3)11(4,5)13/h8-10,13H,7H2,1-6H3. The fourth-order valence-electron chi connectivity index (χ4n) is 3.21. The third-order valence-corrected chi connectivity index (χ3v) is 4.87. The topological polar surface area (TPSA) is 20.2 Å². The van der Waals surface area contributed by atoms with Crippen molar-refractivity contribution in [2.45, 2.75) is 53.6 Å². The zero-order valence-corrected chi connectivity index (χ0v) is 9.89. The maximum Gasteiger partial charge on any atom is 0.0650 e. The van der Waals surface area contributed by atoms with Crippen LogP contribution in [0.2, 0.25) is 0 Å². The van der Waals surface area contributed by atoms with Crippen LogP contribution in [0.4, 0.5) is 0 Å². The molecule has 0 heterocycles. The van der Waals surface area contributed by atoms with Crippen LogP contribution in [-0.2, 0) is 0 Å². The van der Waals surface area contributed by atoms with Gasteiger partial charge in [0.15, 0.2) is 0 Å². The van der Waals surface area contributed by atoms with Gasteiger partial charge in [-0.05, 0) is 38.0 Å². The van der Waals surface area contributed by atoms with Gasteiger partial charge < -0.3 is 5.11 Å². The van der Waals surface area contributed by atoms with E-state index >= 15 is 0 Å². The summed E-state index contributed by atoms with van der Waals surface area (Å²) in [7, 11) is 0. The Morgan fingerprint density at radius 2 is 1.69 bits per heavy atom. The smallest absolute Gasteiger partial charge is 0.0650 e. The zero-order chi connectivity index (χ0) is 10.4. The summed E-state index contributed by atoms with van der Waals surface area (Å²) >= 11 is 0. The van der Waals surface area contributed by atoms with Crippen LogP contribution in [0.1, 0.15) is 48.0 Å². The van der Waals surface area contributed by atoms with Crippen molar-refractivity contribution >= 4 is 0 Å². The molecule has 1 rings (SSSR count). The molecule has 4 atom stereocenters. The van der Waals surface area contributed by atoms with Gasteiger partial charge in [0.1, 0.15) is 0 Å². The second-order valence-corrected chi connectivity index (χ2v) is 5.74. The summed E-state index contributed by atoms with van der Waals surface area (Å²) in [5, 5.41) is 10.2. The van der Waals surface area contributed by atoms with E-state index in [0.29, 0.717) is 11.8 Å². The lowest BCUT2D eigenvalue weighted by Crippen LogP contribution is -2.47. The van der Waals surface area contributed by atoms with E-state index in [1.807, 2.05) is 13.8 Å².